The molecule has 1 fully saturated rings. The molecule has 1 saturated heterocycles. The first-order valence-electron chi connectivity index (χ1n) is 9.40. The zero-order valence-electron chi connectivity index (χ0n) is 17.2. The molecule has 2 aromatic heterocycles. The predicted molar refractivity (Wildman–Crippen MR) is 110 cm³/mol. The van der Waals surface area contributed by atoms with Gasteiger partial charge in [-0.1, -0.05) is 5.92 Å². The maximum absolute atomic E-state index is 13.0. The number of rotatable bonds is 4. The minimum atomic E-state index is -4.90. The van der Waals surface area contributed by atoms with Gasteiger partial charge in [0.1, 0.15) is 16.8 Å². The number of hydrogen-bond donors (Lipinski definition) is 2. The number of sulfonamides is 1. The highest BCUT2D eigenvalue weighted by Crippen LogP contribution is 2.38. The van der Waals surface area contributed by atoms with E-state index in [0.717, 1.165) is 12.4 Å². The lowest BCUT2D eigenvalue weighted by molar-refractivity contribution is -0.259. The van der Waals surface area contributed by atoms with Crippen molar-refractivity contribution in [1.29, 1.82) is 0 Å². The Morgan fingerprint density at radius 2 is 1.81 bits per heavy atom. The van der Waals surface area contributed by atoms with Crippen LogP contribution in [-0.2, 0) is 15.6 Å². The fourth-order valence-corrected chi connectivity index (χ4v) is 4.47. The molecule has 0 amide bonds. The van der Waals surface area contributed by atoms with Gasteiger partial charge in [-0.25, -0.2) is 23.4 Å². The highest BCUT2D eigenvalue weighted by atomic mass is 32.2. The van der Waals surface area contributed by atoms with Gasteiger partial charge in [0.15, 0.2) is 5.60 Å². The monoisotopic (exact) mass is 470 g/mol. The average molecular weight is 470 g/mol. The molecule has 9 nitrogen and oxygen atoms in total. The highest BCUT2D eigenvalue weighted by molar-refractivity contribution is 7.89. The highest BCUT2D eigenvalue weighted by Gasteiger charge is 2.51. The molecule has 3 N–H and O–H groups in total. The van der Waals surface area contributed by atoms with Gasteiger partial charge in [0.2, 0.25) is 16.0 Å². The first-order chi connectivity index (χ1) is 14.9. The van der Waals surface area contributed by atoms with Gasteiger partial charge < -0.3 is 15.7 Å². The van der Waals surface area contributed by atoms with Gasteiger partial charge in [0.05, 0.1) is 0 Å². The number of nitrogens with zero attached hydrogens (tertiary/aromatic N) is 5. The van der Waals surface area contributed by atoms with Gasteiger partial charge >= 0.3 is 6.18 Å². The zero-order chi connectivity index (χ0) is 23.7. The van der Waals surface area contributed by atoms with Crippen LogP contribution in [0.2, 0.25) is 0 Å². The van der Waals surface area contributed by atoms with Gasteiger partial charge in [-0.15, -0.1) is 5.92 Å². The van der Waals surface area contributed by atoms with Crippen LogP contribution in [-0.4, -0.2) is 64.6 Å². The summed E-state index contributed by atoms with van der Waals surface area (Å²) in [6.45, 7) is 2.40. The summed E-state index contributed by atoms with van der Waals surface area (Å²) >= 11 is 0. The Labute approximate surface area is 183 Å². The summed E-state index contributed by atoms with van der Waals surface area (Å²) in [7, 11) is -3.86. The predicted octanol–water partition coefficient (Wildman–Crippen LogP) is 1.13. The second kappa shape index (κ2) is 8.53. The minimum absolute atomic E-state index is 0.0150. The smallest absolute Gasteiger partial charge is 0.384 e. The Morgan fingerprint density at radius 3 is 2.34 bits per heavy atom. The molecule has 2 aromatic rings. The second-order valence-electron chi connectivity index (χ2n) is 7.23. The van der Waals surface area contributed by atoms with Crippen LogP contribution in [0.1, 0.15) is 19.4 Å². The quantitative estimate of drug-likeness (QED) is 0.637. The minimum Gasteiger partial charge on any atom is -0.384 e. The lowest BCUT2D eigenvalue weighted by Crippen LogP contribution is -2.54. The van der Waals surface area contributed by atoms with E-state index in [1.54, 1.807) is 11.8 Å². The van der Waals surface area contributed by atoms with Crippen molar-refractivity contribution in [3.05, 3.63) is 36.3 Å². The van der Waals surface area contributed by atoms with E-state index in [1.165, 1.54) is 22.6 Å². The summed E-state index contributed by atoms with van der Waals surface area (Å²) in [5.41, 5.74) is 1.90. The van der Waals surface area contributed by atoms with Crippen LogP contribution in [0.25, 0.3) is 0 Å². The van der Waals surface area contributed by atoms with Crippen LogP contribution in [0.5, 0.6) is 0 Å². The number of nitrogens with two attached hydrogens (primary N) is 1. The standard InChI is InChI=1S/C19H21F3N6O3S/c1-3-4-14-12-27(32(30,31)15-5-6-16(23)24-11-15)7-8-28(14)17-25-9-13(10-26-17)18(2,29)19(20,21)22/h5-6,9-11,14,29H,7-8,12H2,1-2H3,(H2,23,24)/t14-,18-/m1/s1. The number of halogens is 3. The first kappa shape index (κ1) is 23.7. The third kappa shape index (κ3) is 4.47. The van der Waals surface area contributed by atoms with Crippen molar-refractivity contribution in [1.82, 2.24) is 19.3 Å². The third-order valence-electron chi connectivity index (χ3n) is 5.06. The fraction of sp³-hybridized carbons (Fsp3) is 0.421. The molecule has 32 heavy (non-hydrogen) atoms. The van der Waals surface area contributed by atoms with Crippen LogP contribution >= 0.6 is 0 Å². The molecule has 3 rings (SSSR count). The van der Waals surface area contributed by atoms with Crippen LogP contribution in [0, 0.1) is 11.8 Å². The maximum Gasteiger partial charge on any atom is 0.421 e. The van der Waals surface area contributed by atoms with Gasteiger partial charge in [-0.05, 0) is 26.0 Å². The molecule has 3 heterocycles. The number of aliphatic hydroxyl groups is 1. The molecule has 0 radical (unpaired) electrons. The largest absolute Gasteiger partial charge is 0.421 e. The van der Waals surface area contributed by atoms with Crippen LogP contribution in [0.15, 0.2) is 35.6 Å². The van der Waals surface area contributed by atoms with Gasteiger partial charge in [-0.2, -0.15) is 17.5 Å². The van der Waals surface area contributed by atoms with Crippen molar-refractivity contribution in [3.63, 3.8) is 0 Å². The van der Waals surface area contributed by atoms with Crippen molar-refractivity contribution in [2.45, 2.75) is 36.6 Å². The molecular weight excluding hydrogens is 449 g/mol. The Balaban J connectivity index is 1.84. The number of anilines is 2. The normalized spacial score (nSPS) is 19.7. The summed E-state index contributed by atoms with van der Waals surface area (Å²) in [6.07, 6.45) is -1.93. The maximum atomic E-state index is 13.0. The van der Waals surface area contributed by atoms with Crippen LogP contribution in [0.3, 0.4) is 0 Å². The summed E-state index contributed by atoms with van der Waals surface area (Å²) in [4.78, 5) is 13.3. The topological polar surface area (TPSA) is 126 Å². The third-order valence-corrected chi connectivity index (χ3v) is 6.91. The fourth-order valence-electron chi connectivity index (χ4n) is 3.08. The SMILES string of the molecule is CC#C[C@@H]1CN(S(=O)(=O)c2ccc(N)nc2)CCN1c1ncc([C@@](C)(O)C(F)(F)F)cn1. The molecule has 0 spiro atoms. The molecular formula is C19H21F3N6O3S. The Bertz CT molecular complexity index is 1130. The summed E-state index contributed by atoms with van der Waals surface area (Å²) in [5, 5.41) is 9.78. The Hall–Kier alpha value is -2.95. The molecule has 0 unspecified atom stereocenters. The number of piperazine rings is 1. The van der Waals surface area contributed by atoms with E-state index in [0.29, 0.717) is 6.92 Å². The van der Waals surface area contributed by atoms with E-state index >= 15 is 0 Å². The average Bonchev–Trinajstić information content (AvgIpc) is 2.73. The second-order valence-corrected chi connectivity index (χ2v) is 9.16. The first-order valence-corrected chi connectivity index (χ1v) is 10.8. The number of nitrogen functional groups attached to an aromatic ring is 1. The van der Waals surface area contributed by atoms with Crippen LogP contribution in [0.4, 0.5) is 24.9 Å². The summed E-state index contributed by atoms with van der Waals surface area (Å²) < 4.78 is 66.3. The number of alkyl halides is 3. The van der Waals surface area contributed by atoms with E-state index in [4.69, 9.17) is 5.73 Å². The van der Waals surface area contributed by atoms with Gasteiger partial charge in [0.25, 0.3) is 0 Å². The zero-order valence-corrected chi connectivity index (χ0v) is 18.0. The lowest BCUT2D eigenvalue weighted by atomic mass is 9.99. The molecule has 0 saturated carbocycles. The van der Waals surface area contributed by atoms with Crippen molar-refractivity contribution in [3.8, 4) is 11.8 Å². The van der Waals surface area contributed by atoms with E-state index in [1.807, 2.05) is 0 Å². The van der Waals surface area contributed by atoms with Crippen molar-refractivity contribution < 1.29 is 26.7 Å². The van der Waals surface area contributed by atoms with E-state index < -0.39 is 33.4 Å². The molecule has 13 heteroatoms. The van der Waals surface area contributed by atoms with Crippen molar-refractivity contribution in [2.75, 3.05) is 30.3 Å². The van der Waals surface area contributed by atoms with E-state index in [2.05, 4.69) is 26.8 Å². The van der Waals surface area contributed by atoms with Crippen LogP contribution < -0.4 is 10.6 Å². The lowest BCUT2D eigenvalue weighted by Gasteiger charge is -2.38. The molecule has 0 bridgehead atoms. The number of aromatic nitrogens is 3. The Kier molecular flexibility index (Phi) is 6.32. The molecule has 1 aliphatic rings. The Morgan fingerprint density at radius 1 is 1.16 bits per heavy atom. The summed E-state index contributed by atoms with van der Waals surface area (Å²) in [6, 6.07) is 2.11. The molecule has 0 aromatic carbocycles. The van der Waals surface area contributed by atoms with Crippen molar-refractivity contribution >= 4 is 21.8 Å². The van der Waals surface area contributed by atoms with Crippen molar-refractivity contribution in [2.24, 2.45) is 0 Å². The summed E-state index contributed by atoms with van der Waals surface area (Å²) in [5.74, 6) is 5.88. The van der Waals surface area contributed by atoms with Gasteiger partial charge in [0, 0.05) is 43.8 Å². The molecule has 2 atom stereocenters. The van der Waals surface area contributed by atoms with E-state index in [9.17, 15) is 26.7 Å². The number of pyridine rings is 1. The van der Waals surface area contributed by atoms with Gasteiger partial charge in [-0.3, -0.25) is 0 Å². The molecule has 172 valence electrons. The molecule has 0 aliphatic carbocycles. The number of hydrogen-bond acceptors (Lipinski definition) is 8. The van der Waals surface area contributed by atoms with E-state index in [-0.39, 0.29) is 36.3 Å². The molecule has 1 aliphatic heterocycles.